The molecule has 0 fully saturated rings. The quantitative estimate of drug-likeness (QED) is 0.634. The van der Waals surface area contributed by atoms with E-state index in [4.69, 9.17) is 0 Å². The zero-order valence-electron chi connectivity index (χ0n) is 12.8. The predicted molar refractivity (Wildman–Crippen MR) is 88.1 cm³/mol. The maximum absolute atomic E-state index is 2.36. The molecule has 0 aliphatic heterocycles. The molecule has 0 unspecified atom stereocenters. The Balaban J connectivity index is 2.20. The van der Waals surface area contributed by atoms with Crippen LogP contribution < -0.4 is 0 Å². The highest BCUT2D eigenvalue weighted by Gasteiger charge is 2.17. The third-order valence-electron chi connectivity index (χ3n) is 4.18. The van der Waals surface area contributed by atoms with Crippen LogP contribution in [0, 0.1) is 6.92 Å². The van der Waals surface area contributed by atoms with Crippen LogP contribution in [-0.4, -0.2) is 0 Å². The summed E-state index contributed by atoms with van der Waals surface area (Å²) in [5.74, 6) is 0. The van der Waals surface area contributed by atoms with Crippen LogP contribution >= 0.6 is 0 Å². The van der Waals surface area contributed by atoms with Crippen molar-refractivity contribution in [1.29, 1.82) is 0 Å². The highest BCUT2D eigenvalue weighted by Crippen LogP contribution is 2.35. The van der Waals surface area contributed by atoms with Crippen molar-refractivity contribution in [3.8, 4) is 11.1 Å². The molecule has 0 heterocycles. The van der Waals surface area contributed by atoms with E-state index in [2.05, 4.69) is 76.2 Å². The summed E-state index contributed by atoms with van der Waals surface area (Å²) in [6.45, 7) is 9.03. The van der Waals surface area contributed by atoms with Gasteiger partial charge in [0.15, 0.2) is 0 Å². The molecule has 1 aliphatic carbocycles. The number of rotatable bonds is 1. The van der Waals surface area contributed by atoms with Gasteiger partial charge in [0, 0.05) is 0 Å². The summed E-state index contributed by atoms with van der Waals surface area (Å²) in [5, 5.41) is 0. The molecule has 0 atom stereocenters. The van der Waals surface area contributed by atoms with Crippen molar-refractivity contribution in [3.05, 3.63) is 64.7 Å². The summed E-state index contributed by atoms with van der Waals surface area (Å²) in [5.41, 5.74) is 8.57. The Labute approximate surface area is 122 Å². The van der Waals surface area contributed by atoms with Gasteiger partial charge in [-0.3, -0.25) is 0 Å². The van der Waals surface area contributed by atoms with Gasteiger partial charge < -0.3 is 0 Å². The van der Waals surface area contributed by atoms with Gasteiger partial charge in [-0.25, -0.2) is 0 Å². The van der Waals surface area contributed by atoms with Crippen molar-refractivity contribution in [3.63, 3.8) is 0 Å². The van der Waals surface area contributed by atoms with E-state index in [-0.39, 0.29) is 5.41 Å². The molecule has 0 heteroatoms. The van der Waals surface area contributed by atoms with Crippen LogP contribution in [0.15, 0.2) is 42.5 Å². The minimum atomic E-state index is 0.192. The van der Waals surface area contributed by atoms with E-state index in [0.29, 0.717) is 0 Å². The normalized spacial score (nSPS) is 13.6. The lowest BCUT2D eigenvalue weighted by molar-refractivity contribution is 0.590. The Bertz CT molecular complexity index is 682. The second kappa shape index (κ2) is 4.63. The van der Waals surface area contributed by atoms with Gasteiger partial charge in [-0.1, -0.05) is 69.3 Å². The van der Waals surface area contributed by atoms with Gasteiger partial charge in [-0.2, -0.15) is 0 Å². The van der Waals surface area contributed by atoms with Crippen LogP contribution in [0.1, 0.15) is 43.0 Å². The van der Waals surface area contributed by atoms with E-state index < -0.39 is 0 Å². The molecule has 0 saturated carbocycles. The number of benzene rings is 2. The third kappa shape index (κ3) is 2.20. The second-order valence-corrected chi connectivity index (χ2v) is 6.77. The lowest BCUT2D eigenvalue weighted by Crippen LogP contribution is -2.10. The first kappa shape index (κ1) is 13.2. The highest BCUT2D eigenvalue weighted by molar-refractivity contribution is 5.82. The maximum atomic E-state index is 2.36. The molecule has 2 aromatic rings. The Morgan fingerprint density at radius 2 is 1.80 bits per heavy atom. The van der Waals surface area contributed by atoms with E-state index in [9.17, 15) is 0 Å². The average molecular weight is 262 g/mol. The van der Waals surface area contributed by atoms with Gasteiger partial charge in [0.1, 0.15) is 0 Å². The Morgan fingerprint density at radius 3 is 2.55 bits per heavy atom. The molecule has 3 rings (SSSR count). The standard InChI is InChI=1S/C20H22/c1-14-11-12-15-7-6-10-18(15)19(14)16-8-5-9-17(13-16)20(2,3)4/h5-6,8-13H,7H2,1-4H3. The van der Waals surface area contributed by atoms with Crippen molar-refractivity contribution < 1.29 is 0 Å². The zero-order valence-corrected chi connectivity index (χ0v) is 12.8. The predicted octanol–water partition coefficient (Wildman–Crippen LogP) is 5.53. The Morgan fingerprint density at radius 1 is 1.00 bits per heavy atom. The zero-order chi connectivity index (χ0) is 14.3. The number of aryl methyl sites for hydroxylation is 1. The van der Waals surface area contributed by atoms with Gasteiger partial charge in [-0.15, -0.1) is 0 Å². The topological polar surface area (TPSA) is 0 Å². The summed E-state index contributed by atoms with van der Waals surface area (Å²) >= 11 is 0. The summed E-state index contributed by atoms with van der Waals surface area (Å²) in [6.07, 6.45) is 5.62. The van der Waals surface area contributed by atoms with E-state index in [1.165, 1.54) is 33.4 Å². The SMILES string of the molecule is Cc1ccc2c(c1-c1cccc(C(C)(C)C)c1)C=CC2. The summed E-state index contributed by atoms with van der Waals surface area (Å²) in [6, 6.07) is 13.5. The second-order valence-electron chi connectivity index (χ2n) is 6.77. The van der Waals surface area contributed by atoms with Gasteiger partial charge >= 0.3 is 0 Å². The van der Waals surface area contributed by atoms with Crippen molar-refractivity contribution in [1.82, 2.24) is 0 Å². The van der Waals surface area contributed by atoms with E-state index in [1.807, 2.05) is 0 Å². The number of fused-ring (bicyclic) bond motifs is 1. The first-order valence-electron chi connectivity index (χ1n) is 7.37. The average Bonchev–Trinajstić information content (AvgIpc) is 2.86. The lowest BCUT2D eigenvalue weighted by Gasteiger charge is -2.21. The molecular formula is C20H22. The minimum Gasteiger partial charge on any atom is -0.0795 e. The molecule has 0 spiro atoms. The van der Waals surface area contributed by atoms with Crippen LogP contribution in [0.4, 0.5) is 0 Å². The summed E-state index contributed by atoms with van der Waals surface area (Å²) in [4.78, 5) is 0. The molecule has 0 nitrogen and oxygen atoms in total. The molecule has 0 aromatic heterocycles. The lowest BCUT2D eigenvalue weighted by atomic mass is 9.84. The van der Waals surface area contributed by atoms with Crippen LogP contribution in [0.2, 0.25) is 0 Å². The molecular weight excluding hydrogens is 240 g/mol. The van der Waals surface area contributed by atoms with Crippen LogP contribution in [0.5, 0.6) is 0 Å². The molecule has 0 saturated heterocycles. The fourth-order valence-electron chi connectivity index (χ4n) is 2.97. The van der Waals surface area contributed by atoms with Crippen LogP contribution in [-0.2, 0) is 11.8 Å². The van der Waals surface area contributed by atoms with Gasteiger partial charge in [0.2, 0.25) is 0 Å². The Hall–Kier alpha value is -1.82. The molecule has 2 aromatic carbocycles. The number of hydrogen-bond donors (Lipinski definition) is 0. The fraction of sp³-hybridized carbons (Fsp3) is 0.300. The van der Waals surface area contributed by atoms with E-state index >= 15 is 0 Å². The molecule has 0 radical (unpaired) electrons. The van der Waals surface area contributed by atoms with Crippen LogP contribution in [0.25, 0.3) is 17.2 Å². The smallest absolute Gasteiger partial charge is 0.00793 e. The largest absolute Gasteiger partial charge is 0.0795 e. The van der Waals surface area contributed by atoms with Crippen molar-refractivity contribution in [2.75, 3.05) is 0 Å². The van der Waals surface area contributed by atoms with Crippen molar-refractivity contribution in [2.45, 2.75) is 39.5 Å². The van der Waals surface area contributed by atoms with Gasteiger partial charge in [0.25, 0.3) is 0 Å². The minimum absolute atomic E-state index is 0.192. The summed E-state index contributed by atoms with van der Waals surface area (Å²) < 4.78 is 0. The maximum Gasteiger partial charge on any atom is -0.00793 e. The number of hydrogen-bond acceptors (Lipinski definition) is 0. The van der Waals surface area contributed by atoms with Gasteiger partial charge in [0.05, 0.1) is 0 Å². The first-order chi connectivity index (χ1) is 9.47. The van der Waals surface area contributed by atoms with Crippen LogP contribution in [0.3, 0.4) is 0 Å². The third-order valence-corrected chi connectivity index (χ3v) is 4.18. The molecule has 1 aliphatic rings. The molecule has 20 heavy (non-hydrogen) atoms. The fourth-order valence-corrected chi connectivity index (χ4v) is 2.97. The van der Waals surface area contributed by atoms with Gasteiger partial charge in [-0.05, 0) is 52.1 Å². The molecule has 0 N–H and O–H groups in total. The highest BCUT2D eigenvalue weighted by atomic mass is 14.2. The molecule has 102 valence electrons. The first-order valence-corrected chi connectivity index (χ1v) is 7.37. The number of allylic oxidation sites excluding steroid dienone is 1. The Kier molecular flexibility index (Phi) is 3.05. The monoisotopic (exact) mass is 262 g/mol. The van der Waals surface area contributed by atoms with E-state index in [1.54, 1.807) is 0 Å². The summed E-state index contributed by atoms with van der Waals surface area (Å²) in [7, 11) is 0. The molecule has 0 amide bonds. The van der Waals surface area contributed by atoms with Crippen molar-refractivity contribution >= 4 is 6.08 Å². The molecule has 0 bridgehead atoms. The van der Waals surface area contributed by atoms with E-state index in [0.717, 1.165) is 6.42 Å². The van der Waals surface area contributed by atoms with Crippen molar-refractivity contribution in [2.24, 2.45) is 0 Å².